The topological polar surface area (TPSA) is 96.0 Å². The number of ether oxygens (including phenoxy) is 1. The van der Waals surface area contributed by atoms with Gasteiger partial charge in [-0.15, -0.1) is 0 Å². The largest absolute Gasteiger partial charge is 0.495 e. The van der Waals surface area contributed by atoms with Crippen LogP contribution in [0.3, 0.4) is 0 Å². The lowest BCUT2D eigenvalue weighted by Gasteiger charge is -2.34. The van der Waals surface area contributed by atoms with Gasteiger partial charge in [-0.05, 0) is 66.4 Å². The van der Waals surface area contributed by atoms with Crippen molar-refractivity contribution in [2.45, 2.75) is 55.6 Å². The summed E-state index contributed by atoms with van der Waals surface area (Å²) in [4.78, 5) is 30.2. The van der Waals surface area contributed by atoms with E-state index in [1.165, 1.54) is 36.3 Å². The summed E-state index contributed by atoms with van der Waals surface area (Å²) in [6, 6.07) is 28.0. The van der Waals surface area contributed by atoms with Gasteiger partial charge in [-0.3, -0.25) is 13.9 Å². The highest BCUT2D eigenvalue weighted by molar-refractivity contribution is 7.92. The molecule has 0 spiro atoms. The molecule has 2 amide bonds. The van der Waals surface area contributed by atoms with Gasteiger partial charge in [0.15, 0.2) is 0 Å². The van der Waals surface area contributed by atoms with Crippen LogP contribution in [0.5, 0.6) is 5.75 Å². The number of carbonyl (C=O) groups is 2. The Bertz CT molecular complexity index is 1790. The summed E-state index contributed by atoms with van der Waals surface area (Å²) in [6.45, 7) is -0.569. The van der Waals surface area contributed by atoms with Crippen LogP contribution in [0, 0.1) is 0 Å². The van der Waals surface area contributed by atoms with Crippen molar-refractivity contribution < 1.29 is 22.7 Å². The van der Waals surface area contributed by atoms with E-state index in [0.717, 1.165) is 35.6 Å². The van der Waals surface area contributed by atoms with Crippen molar-refractivity contribution >= 4 is 50.7 Å². The number of amides is 2. The van der Waals surface area contributed by atoms with Gasteiger partial charge in [0.05, 0.1) is 22.7 Å². The second-order valence-corrected chi connectivity index (χ2v) is 14.2. The highest BCUT2D eigenvalue weighted by atomic mass is 35.5. The summed E-state index contributed by atoms with van der Waals surface area (Å²) in [5, 5.41) is 3.83. The van der Waals surface area contributed by atoms with E-state index in [1.54, 1.807) is 42.5 Å². The third kappa shape index (κ3) is 8.66. The van der Waals surface area contributed by atoms with Gasteiger partial charge in [-0.2, -0.15) is 0 Å². The number of anilines is 1. The standard InChI is InChI=1S/C36H37Cl2N3O5S/c1-46-34-20-19-30(23-32(34)38)41(47(44,45)31-17-6-3-7-18-31)25-35(42)40(24-27-13-10-14-28(37)21-27)33(22-26-11-4-2-5-12-26)36(43)39-29-15-8-9-16-29/h2-7,10-14,17-21,23,29,33H,8-9,15-16,22,24-25H2,1H3,(H,39,43)/t33-/m0/s1. The fourth-order valence-corrected chi connectivity index (χ4v) is 7.70. The Morgan fingerprint density at radius 1 is 0.872 bits per heavy atom. The molecule has 0 heterocycles. The minimum atomic E-state index is -4.26. The summed E-state index contributed by atoms with van der Waals surface area (Å²) < 4.78 is 34.6. The number of hydrogen-bond acceptors (Lipinski definition) is 5. The first-order chi connectivity index (χ1) is 22.7. The molecule has 0 bridgehead atoms. The van der Waals surface area contributed by atoms with E-state index < -0.39 is 28.5 Å². The molecule has 0 aromatic heterocycles. The molecule has 1 saturated carbocycles. The van der Waals surface area contributed by atoms with E-state index in [4.69, 9.17) is 27.9 Å². The van der Waals surface area contributed by atoms with E-state index in [9.17, 15) is 18.0 Å². The zero-order chi connectivity index (χ0) is 33.4. The molecule has 1 aliphatic rings. The summed E-state index contributed by atoms with van der Waals surface area (Å²) >= 11 is 12.8. The molecule has 246 valence electrons. The molecule has 0 radical (unpaired) electrons. The first-order valence-electron chi connectivity index (χ1n) is 15.5. The number of rotatable bonds is 13. The van der Waals surface area contributed by atoms with Gasteiger partial charge in [-0.25, -0.2) is 8.42 Å². The monoisotopic (exact) mass is 693 g/mol. The van der Waals surface area contributed by atoms with Crippen LogP contribution in [-0.4, -0.2) is 50.9 Å². The highest BCUT2D eigenvalue weighted by Gasteiger charge is 2.35. The van der Waals surface area contributed by atoms with Crippen molar-refractivity contribution in [2.24, 2.45) is 0 Å². The maximum Gasteiger partial charge on any atom is 0.264 e. The molecule has 1 atom stereocenters. The van der Waals surface area contributed by atoms with E-state index in [2.05, 4.69) is 5.32 Å². The van der Waals surface area contributed by atoms with E-state index >= 15 is 0 Å². The predicted molar refractivity (Wildman–Crippen MR) is 185 cm³/mol. The molecule has 1 fully saturated rings. The number of sulfonamides is 1. The number of halogens is 2. The number of nitrogens with zero attached hydrogens (tertiary/aromatic N) is 2. The van der Waals surface area contributed by atoms with Gasteiger partial charge < -0.3 is 15.0 Å². The predicted octanol–water partition coefficient (Wildman–Crippen LogP) is 6.90. The van der Waals surface area contributed by atoms with E-state index in [1.807, 2.05) is 36.4 Å². The molecule has 4 aromatic carbocycles. The number of nitrogens with one attached hydrogen (secondary N) is 1. The maximum absolute atomic E-state index is 14.6. The molecule has 5 rings (SSSR count). The number of hydrogen-bond donors (Lipinski definition) is 1. The molecule has 47 heavy (non-hydrogen) atoms. The number of methoxy groups -OCH3 is 1. The normalized spacial score (nSPS) is 13.9. The van der Waals surface area contributed by atoms with Crippen LogP contribution in [0.15, 0.2) is 108 Å². The summed E-state index contributed by atoms with van der Waals surface area (Å²) in [7, 11) is -2.80. The van der Waals surface area contributed by atoms with Crippen molar-refractivity contribution in [3.63, 3.8) is 0 Å². The first-order valence-corrected chi connectivity index (χ1v) is 17.6. The van der Waals surface area contributed by atoms with Gasteiger partial charge in [0.1, 0.15) is 18.3 Å². The van der Waals surface area contributed by atoms with Crippen molar-refractivity contribution in [3.8, 4) is 5.75 Å². The molecule has 11 heteroatoms. The van der Waals surface area contributed by atoms with Crippen LogP contribution in [-0.2, 0) is 32.6 Å². The van der Waals surface area contributed by atoms with Crippen LogP contribution in [0.25, 0.3) is 0 Å². The summed E-state index contributed by atoms with van der Waals surface area (Å²) in [5.41, 5.74) is 1.73. The number of benzene rings is 4. The quantitative estimate of drug-likeness (QED) is 0.164. The zero-order valence-electron chi connectivity index (χ0n) is 26.0. The second kappa shape index (κ2) is 15.7. The Morgan fingerprint density at radius 2 is 1.53 bits per heavy atom. The maximum atomic E-state index is 14.6. The average molecular weight is 695 g/mol. The van der Waals surface area contributed by atoms with Crippen LogP contribution >= 0.6 is 23.2 Å². The Kier molecular flexibility index (Phi) is 11.4. The lowest BCUT2D eigenvalue weighted by atomic mass is 10.0. The van der Waals surface area contributed by atoms with Crippen LogP contribution in [0.4, 0.5) is 5.69 Å². The third-order valence-electron chi connectivity index (χ3n) is 8.25. The zero-order valence-corrected chi connectivity index (χ0v) is 28.3. The fraction of sp³-hybridized carbons (Fsp3) is 0.278. The second-order valence-electron chi connectivity index (χ2n) is 11.5. The van der Waals surface area contributed by atoms with Crippen molar-refractivity contribution in [1.82, 2.24) is 10.2 Å². The van der Waals surface area contributed by atoms with Gasteiger partial charge in [0.2, 0.25) is 11.8 Å². The summed E-state index contributed by atoms with van der Waals surface area (Å²) in [5.74, 6) is -0.507. The van der Waals surface area contributed by atoms with Crippen molar-refractivity contribution in [1.29, 1.82) is 0 Å². The SMILES string of the molecule is COc1ccc(N(CC(=O)N(Cc2cccc(Cl)c2)[C@@H](Cc2ccccc2)C(=O)NC2CCCC2)S(=O)(=O)c2ccccc2)cc1Cl. The van der Waals surface area contributed by atoms with Gasteiger partial charge in [-0.1, -0.05) is 96.7 Å². The van der Waals surface area contributed by atoms with Gasteiger partial charge in [0.25, 0.3) is 10.0 Å². The van der Waals surface area contributed by atoms with E-state index in [0.29, 0.717) is 16.3 Å². The Balaban J connectivity index is 1.58. The van der Waals surface area contributed by atoms with Crippen LogP contribution in [0.1, 0.15) is 36.8 Å². The molecule has 8 nitrogen and oxygen atoms in total. The minimum Gasteiger partial charge on any atom is -0.495 e. The molecule has 0 unspecified atom stereocenters. The molecular formula is C36H37Cl2N3O5S. The fourth-order valence-electron chi connectivity index (χ4n) is 5.81. The Labute approximate surface area is 286 Å². The van der Waals surface area contributed by atoms with Gasteiger partial charge in [0, 0.05) is 24.0 Å². The molecule has 1 N–H and O–H groups in total. The first kappa shape index (κ1) is 34.3. The van der Waals surface area contributed by atoms with Crippen molar-refractivity contribution in [3.05, 3.63) is 124 Å². The lowest BCUT2D eigenvalue weighted by Crippen LogP contribution is -2.54. The summed E-state index contributed by atoms with van der Waals surface area (Å²) in [6.07, 6.45) is 4.01. The smallest absolute Gasteiger partial charge is 0.264 e. The molecule has 0 aliphatic heterocycles. The molecular weight excluding hydrogens is 657 g/mol. The van der Waals surface area contributed by atoms with Gasteiger partial charge >= 0.3 is 0 Å². The minimum absolute atomic E-state index is 0.000874. The Morgan fingerprint density at radius 3 is 2.17 bits per heavy atom. The van der Waals surface area contributed by atoms with E-state index in [-0.39, 0.29) is 40.5 Å². The van der Waals surface area contributed by atoms with Crippen LogP contribution < -0.4 is 14.4 Å². The highest BCUT2D eigenvalue weighted by Crippen LogP contribution is 2.32. The van der Waals surface area contributed by atoms with Crippen molar-refractivity contribution in [2.75, 3.05) is 18.0 Å². The lowest BCUT2D eigenvalue weighted by molar-refractivity contribution is -0.140. The third-order valence-corrected chi connectivity index (χ3v) is 10.6. The average Bonchev–Trinajstić information content (AvgIpc) is 3.59. The number of carbonyl (C=O) groups excluding carboxylic acids is 2. The molecule has 1 aliphatic carbocycles. The molecule has 0 saturated heterocycles. The van der Waals surface area contributed by atoms with Crippen LogP contribution in [0.2, 0.25) is 10.0 Å². The Hall–Kier alpha value is -4.05. The molecule has 4 aromatic rings.